The maximum Gasteiger partial charge on any atom is 0.310 e. The van der Waals surface area contributed by atoms with Crippen molar-refractivity contribution in [2.75, 3.05) is 13.2 Å². The fourth-order valence-electron chi connectivity index (χ4n) is 1.76. The van der Waals surface area contributed by atoms with E-state index in [1.165, 1.54) is 0 Å². The van der Waals surface area contributed by atoms with Crippen LogP contribution in [-0.2, 0) is 20.9 Å². The van der Waals surface area contributed by atoms with Crippen LogP contribution >= 0.6 is 0 Å². The number of esters is 1. The van der Waals surface area contributed by atoms with Gasteiger partial charge in [0.05, 0.1) is 26.2 Å². The summed E-state index contributed by atoms with van der Waals surface area (Å²) >= 11 is 0. The van der Waals surface area contributed by atoms with Crippen LogP contribution in [0.5, 0.6) is 0 Å². The van der Waals surface area contributed by atoms with Gasteiger partial charge in [-0.25, -0.2) is 0 Å². The Hall–Kier alpha value is -2.15. The van der Waals surface area contributed by atoms with Crippen molar-refractivity contribution in [1.82, 2.24) is 0 Å². The fraction of sp³-hybridized carbons (Fsp3) is 0.462. The molecule has 0 spiro atoms. The second-order valence-electron chi connectivity index (χ2n) is 4.32. The molecule has 0 aliphatic carbocycles. The van der Waals surface area contributed by atoms with Gasteiger partial charge >= 0.3 is 5.97 Å². The average Bonchev–Trinajstić information content (AvgIpc) is 2.89. The highest BCUT2D eigenvalue weighted by atomic mass is 16.5. The summed E-state index contributed by atoms with van der Waals surface area (Å²) in [4.78, 5) is 11.6. The normalized spacial score (nSPS) is 15.4. The van der Waals surface area contributed by atoms with Gasteiger partial charge in [0.1, 0.15) is 0 Å². The van der Waals surface area contributed by atoms with Gasteiger partial charge in [-0.15, -0.1) is 10.2 Å². The summed E-state index contributed by atoms with van der Waals surface area (Å²) in [5.74, 6) is -0.393. The molecule has 1 aliphatic heterocycles. The zero-order chi connectivity index (χ0) is 14.3. The molecule has 1 aromatic rings. The molecule has 0 aromatic heterocycles. The van der Waals surface area contributed by atoms with E-state index in [2.05, 4.69) is 20.7 Å². The Morgan fingerprint density at radius 3 is 2.55 bits per heavy atom. The summed E-state index contributed by atoms with van der Waals surface area (Å²) in [5, 5.41) is 14.7. The Morgan fingerprint density at radius 2 is 1.90 bits per heavy atom. The van der Waals surface area contributed by atoms with Gasteiger partial charge in [-0.1, -0.05) is 30.3 Å². The van der Waals surface area contributed by atoms with Crippen LogP contribution in [0.1, 0.15) is 18.9 Å². The van der Waals surface area contributed by atoms with Crippen molar-refractivity contribution in [2.45, 2.75) is 25.6 Å². The second-order valence-corrected chi connectivity index (χ2v) is 4.32. The lowest BCUT2D eigenvalue weighted by atomic mass is 10.1. The minimum Gasteiger partial charge on any atom is -0.466 e. The smallest absolute Gasteiger partial charge is 0.310 e. The van der Waals surface area contributed by atoms with E-state index < -0.39 is 11.6 Å². The van der Waals surface area contributed by atoms with Crippen LogP contribution in [0.15, 0.2) is 51.0 Å². The Bertz CT molecular complexity index is 490. The van der Waals surface area contributed by atoms with Crippen LogP contribution in [0.3, 0.4) is 0 Å². The van der Waals surface area contributed by atoms with E-state index in [9.17, 15) is 4.79 Å². The number of carbonyl (C=O) groups is 1. The molecule has 0 atom stereocenters. The predicted octanol–water partition coefficient (Wildman–Crippen LogP) is 2.69. The minimum absolute atomic E-state index is 0.0252. The van der Waals surface area contributed by atoms with Gasteiger partial charge in [0.25, 0.3) is 0 Å². The molecule has 1 aromatic carbocycles. The van der Waals surface area contributed by atoms with Gasteiger partial charge in [0.15, 0.2) is 0 Å². The molecule has 1 aliphatic rings. The molecule has 0 bridgehead atoms. The predicted molar refractivity (Wildman–Crippen MR) is 69.8 cm³/mol. The van der Waals surface area contributed by atoms with Gasteiger partial charge in [-0.3, -0.25) is 4.79 Å². The second kappa shape index (κ2) is 6.85. The molecule has 0 N–H and O–H groups in total. The van der Waals surface area contributed by atoms with Crippen LogP contribution in [0.2, 0.25) is 0 Å². The van der Waals surface area contributed by atoms with Crippen LogP contribution in [0, 0.1) is 0 Å². The van der Waals surface area contributed by atoms with Crippen molar-refractivity contribution in [3.63, 3.8) is 0 Å². The summed E-state index contributed by atoms with van der Waals surface area (Å²) in [6.45, 7) is 2.60. The zero-order valence-corrected chi connectivity index (χ0v) is 11.2. The average molecular weight is 276 g/mol. The first-order valence-electron chi connectivity index (χ1n) is 6.35. The van der Waals surface area contributed by atoms with Crippen LogP contribution in [-0.4, -0.2) is 24.8 Å². The van der Waals surface area contributed by atoms with Crippen LogP contribution in [0.25, 0.3) is 0 Å². The van der Waals surface area contributed by atoms with Gasteiger partial charge in [-0.05, 0) is 22.9 Å². The van der Waals surface area contributed by atoms with Crippen LogP contribution < -0.4 is 0 Å². The Balaban J connectivity index is 1.88. The number of carbonyl (C=O) groups excluding carboxylic acids is 1. The highest BCUT2D eigenvalue weighted by Crippen LogP contribution is 2.25. The van der Waals surface area contributed by atoms with Gasteiger partial charge in [0.2, 0.25) is 5.66 Å². The van der Waals surface area contributed by atoms with E-state index in [1.807, 2.05) is 30.3 Å². The van der Waals surface area contributed by atoms with Crippen molar-refractivity contribution in [1.29, 1.82) is 0 Å². The highest BCUT2D eigenvalue weighted by Gasteiger charge is 2.37. The molecule has 0 radical (unpaired) electrons. The van der Waals surface area contributed by atoms with Gasteiger partial charge < -0.3 is 9.47 Å². The van der Waals surface area contributed by atoms with E-state index in [4.69, 9.17) is 9.47 Å². The molecule has 0 unspecified atom stereocenters. The first-order chi connectivity index (χ1) is 9.74. The quantitative estimate of drug-likeness (QED) is 0.717. The van der Waals surface area contributed by atoms with E-state index >= 15 is 0 Å². The molecular weight excluding hydrogens is 260 g/mol. The number of rotatable bonds is 7. The molecule has 0 amide bonds. The molecular formula is C13H16N4O3. The SMILES string of the molecule is CCOC(=O)CC1(COCc2ccccc2)N=NN=N1. The number of ether oxygens (including phenoxy) is 2. The van der Waals surface area contributed by atoms with Crippen LogP contribution in [0.4, 0.5) is 0 Å². The van der Waals surface area contributed by atoms with Crippen molar-refractivity contribution in [3.8, 4) is 0 Å². The lowest BCUT2D eigenvalue weighted by Gasteiger charge is -2.18. The van der Waals surface area contributed by atoms with Crippen molar-refractivity contribution >= 4 is 5.97 Å². The van der Waals surface area contributed by atoms with Crippen molar-refractivity contribution in [2.24, 2.45) is 20.7 Å². The standard InChI is InChI=1S/C13H16N4O3/c1-2-20-12(18)8-13(14-16-17-15-13)10-19-9-11-6-4-3-5-7-11/h3-7H,2,8-10H2,1H3. The third-order valence-electron chi connectivity index (χ3n) is 2.68. The van der Waals surface area contributed by atoms with E-state index in [0.717, 1.165) is 5.56 Å². The number of hydrogen-bond donors (Lipinski definition) is 0. The molecule has 0 fully saturated rings. The largest absolute Gasteiger partial charge is 0.466 e. The minimum atomic E-state index is -1.08. The summed E-state index contributed by atoms with van der Waals surface area (Å²) in [6.07, 6.45) is -0.0252. The number of nitrogens with zero attached hydrogens (tertiary/aromatic N) is 4. The summed E-state index contributed by atoms with van der Waals surface area (Å²) in [6, 6.07) is 9.71. The first kappa shape index (κ1) is 14.3. The molecule has 2 rings (SSSR count). The summed E-state index contributed by atoms with van der Waals surface area (Å²) in [5.41, 5.74) is -0.0493. The number of hydrogen-bond acceptors (Lipinski definition) is 7. The molecule has 0 saturated heterocycles. The lowest BCUT2D eigenvalue weighted by molar-refractivity contribution is -0.145. The first-order valence-corrected chi connectivity index (χ1v) is 6.35. The molecule has 0 saturated carbocycles. The van der Waals surface area contributed by atoms with E-state index in [-0.39, 0.29) is 13.0 Å². The molecule has 7 heteroatoms. The fourth-order valence-corrected chi connectivity index (χ4v) is 1.76. The third-order valence-corrected chi connectivity index (χ3v) is 2.68. The molecule has 20 heavy (non-hydrogen) atoms. The maximum atomic E-state index is 11.6. The van der Waals surface area contributed by atoms with Crippen molar-refractivity contribution in [3.05, 3.63) is 35.9 Å². The third kappa shape index (κ3) is 3.92. The van der Waals surface area contributed by atoms with Gasteiger partial charge in [0, 0.05) is 0 Å². The number of benzene rings is 1. The lowest BCUT2D eigenvalue weighted by Crippen LogP contribution is -2.32. The molecule has 7 nitrogen and oxygen atoms in total. The molecule has 1 heterocycles. The Kier molecular flexibility index (Phi) is 4.89. The van der Waals surface area contributed by atoms with Gasteiger partial charge in [-0.2, -0.15) is 0 Å². The Labute approximate surface area is 116 Å². The van der Waals surface area contributed by atoms with E-state index in [0.29, 0.717) is 13.2 Å². The topological polar surface area (TPSA) is 85.0 Å². The Morgan fingerprint density at radius 1 is 1.20 bits per heavy atom. The van der Waals surface area contributed by atoms with Crippen molar-refractivity contribution < 1.29 is 14.3 Å². The monoisotopic (exact) mass is 276 g/mol. The summed E-state index contributed by atoms with van der Waals surface area (Å²) in [7, 11) is 0. The zero-order valence-electron chi connectivity index (χ0n) is 11.2. The summed E-state index contributed by atoms with van der Waals surface area (Å²) < 4.78 is 10.5. The van der Waals surface area contributed by atoms with E-state index in [1.54, 1.807) is 6.92 Å². The highest BCUT2D eigenvalue weighted by molar-refractivity contribution is 5.70. The maximum absolute atomic E-state index is 11.6. The molecule has 106 valence electrons.